The van der Waals surface area contributed by atoms with E-state index in [0.29, 0.717) is 13.1 Å². The highest BCUT2D eigenvalue weighted by Crippen LogP contribution is 2.62. The first-order valence-electron chi connectivity index (χ1n) is 11.5. The molecule has 5 fully saturated rings. The van der Waals surface area contributed by atoms with Gasteiger partial charge in [0, 0.05) is 32.3 Å². The molecule has 8 nitrogen and oxygen atoms in total. The maximum absolute atomic E-state index is 13.0. The van der Waals surface area contributed by atoms with Crippen molar-refractivity contribution in [2.75, 3.05) is 26.2 Å². The molecule has 4 bridgehead atoms. The van der Waals surface area contributed by atoms with Crippen molar-refractivity contribution in [3.63, 3.8) is 0 Å². The monoisotopic (exact) mass is 461 g/mol. The Morgan fingerprint density at radius 1 is 1.03 bits per heavy atom. The SMILES string of the molecule is C/C(=C\C(=O)N1CCN(S(=O)(=O)c2ccc(C(N)=O)o2)CC1)C12CC3CC(CC(C3)C1)C2. The molecule has 2 amide bonds. The number of nitrogens with zero attached hydrogens (tertiary/aromatic N) is 2. The average molecular weight is 462 g/mol. The topological polar surface area (TPSA) is 114 Å². The molecular weight excluding hydrogens is 430 g/mol. The molecule has 174 valence electrons. The molecule has 0 aromatic carbocycles. The molecule has 9 heteroatoms. The Bertz CT molecular complexity index is 1030. The van der Waals surface area contributed by atoms with Crippen molar-refractivity contribution in [3.8, 4) is 0 Å². The van der Waals surface area contributed by atoms with Crippen molar-refractivity contribution < 1.29 is 22.4 Å². The standard InChI is InChI=1S/C23H31N3O5S/c1-15(23-12-16-9-17(13-23)11-18(10-16)14-23)8-20(27)25-4-6-26(7-5-25)32(29,30)21-3-2-19(31-21)22(24)28/h2-3,8,16-18H,4-7,9-14H2,1H3,(H2,24,28)/b15-8+. The van der Waals surface area contributed by atoms with Crippen LogP contribution >= 0.6 is 0 Å². The third-order valence-corrected chi connectivity index (χ3v) is 9.96. The highest BCUT2D eigenvalue weighted by atomic mass is 32.2. The van der Waals surface area contributed by atoms with Crippen LogP contribution in [0, 0.1) is 23.2 Å². The Kier molecular flexibility index (Phi) is 5.24. The van der Waals surface area contributed by atoms with Crippen LogP contribution in [0.5, 0.6) is 0 Å². The summed E-state index contributed by atoms with van der Waals surface area (Å²) in [6.07, 6.45) is 9.59. The molecule has 4 aliphatic carbocycles. The van der Waals surface area contributed by atoms with Crippen LogP contribution in [-0.4, -0.2) is 55.6 Å². The van der Waals surface area contributed by atoms with E-state index in [0.717, 1.165) is 17.8 Å². The van der Waals surface area contributed by atoms with Crippen LogP contribution in [0.3, 0.4) is 0 Å². The third kappa shape index (κ3) is 3.69. The number of amides is 2. The van der Waals surface area contributed by atoms with Gasteiger partial charge in [-0.05, 0) is 80.8 Å². The van der Waals surface area contributed by atoms with E-state index < -0.39 is 15.9 Å². The lowest BCUT2D eigenvalue weighted by Crippen LogP contribution is -2.50. The van der Waals surface area contributed by atoms with Crippen LogP contribution in [0.25, 0.3) is 0 Å². The van der Waals surface area contributed by atoms with Crippen molar-refractivity contribution in [1.82, 2.24) is 9.21 Å². The summed E-state index contributed by atoms with van der Waals surface area (Å²) in [7, 11) is -3.87. The van der Waals surface area contributed by atoms with Gasteiger partial charge in [0.05, 0.1) is 0 Å². The minimum absolute atomic E-state index is 0.0238. The Morgan fingerprint density at radius 3 is 2.09 bits per heavy atom. The molecule has 32 heavy (non-hydrogen) atoms. The lowest BCUT2D eigenvalue weighted by molar-refractivity contribution is -0.127. The van der Waals surface area contributed by atoms with E-state index in [4.69, 9.17) is 10.2 Å². The zero-order chi connectivity index (χ0) is 22.7. The van der Waals surface area contributed by atoms with Gasteiger partial charge in [0.1, 0.15) is 0 Å². The Hall–Kier alpha value is -2.13. The Morgan fingerprint density at radius 2 is 1.59 bits per heavy atom. The maximum Gasteiger partial charge on any atom is 0.284 e. The fourth-order valence-electron chi connectivity index (χ4n) is 6.89. The van der Waals surface area contributed by atoms with Gasteiger partial charge >= 0.3 is 0 Å². The summed E-state index contributed by atoms with van der Waals surface area (Å²) in [4.78, 5) is 25.9. The van der Waals surface area contributed by atoms with Gasteiger partial charge < -0.3 is 15.1 Å². The van der Waals surface area contributed by atoms with E-state index in [-0.39, 0.29) is 35.3 Å². The Labute approximate surface area is 188 Å². The van der Waals surface area contributed by atoms with Gasteiger partial charge in [0.15, 0.2) is 5.76 Å². The number of sulfonamides is 1. The normalized spacial score (nSPS) is 33.0. The molecule has 6 rings (SSSR count). The van der Waals surface area contributed by atoms with Gasteiger partial charge in [0.25, 0.3) is 15.9 Å². The van der Waals surface area contributed by atoms with E-state index in [1.165, 1.54) is 60.5 Å². The van der Waals surface area contributed by atoms with Gasteiger partial charge in [-0.1, -0.05) is 5.57 Å². The molecule has 1 saturated heterocycles. The molecule has 4 saturated carbocycles. The second kappa shape index (κ2) is 7.73. The van der Waals surface area contributed by atoms with E-state index in [1.54, 1.807) is 4.90 Å². The minimum Gasteiger partial charge on any atom is -0.438 e. The summed E-state index contributed by atoms with van der Waals surface area (Å²) in [6.45, 7) is 3.15. The second-order valence-corrected chi connectivity index (χ2v) is 12.1. The number of carbonyl (C=O) groups is 2. The number of furan rings is 1. The van der Waals surface area contributed by atoms with Gasteiger partial charge in [-0.2, -0.15) is 4.31 Å². The minimum atomic E-state index is -3.87. The van der Waals surface area contributed by atoms with Crippen LogP contribution in [-0.2, 0) is 14.8 Å². The predicted molar refractivity (Wildman–Crippen MR) is 117 cm³/mol. The van der Waals surface area contributed by atoms with Crippen LogP contribution in [0.2, 0.25) is 0 Å². The molecule has 0 atom stereocenters. The van der Waals surface area contributed by atoms with Gasteiger partial charge in [-0.25, -0.2) is 8.42 Å². The molecule has 5 aliphatic rings. The fraction of sp³-hybridized carbons (Fsp3) is 0.652. The molecule has 1 aliphatic heterocycles. The number of allylic oxidation sites excluding steroid dienone is 1. The smallest absolute Gasteiger partial charge is 0.284 e. The molecule has 0 spiro atoms. The summed E-state index contributed by atoms with van der Waals surface area (Å²) < 4.78 is 32.0. The molecule has 0 radical (unpaired) electrons. The van der Waals surface area contributed by atoms with Crippen molar-refractivity contribution >= 4 is 21.8 Å². The lowest BCUT2D eigenvalue weighted by atomic mass is 9.48. The first-order valence-corrected chi connectivity index (χ1v) is 13.0. The quantitative estimate of drug-likeness (QED) is 0.676. The lowest BCUT2D eigenvalue weighted by Gasteiger charge is -2.57. The first-order chi connectivity index (χ1) is 15.2. The van der Waals surface area contributed by atoms with E-state index in [1.807, 2.05) is 6.08 Å². The number of rotatable bonds is 5. The number of carbonyl (C=O) groups excluding carboxylic acids is 2. The fourth-order valence-corrected chi connectivity index (χ4v) is 8.22. The first kappa shape index (κ1) is 21.7. The molecular formula is C23H31N3O5S. The molecule has 1 aromatic rings. The van der Waals surface area contributed by atoms with Crippen molar-refractivity contribution in [2.45, 2.75) is 50.5 Å². The summed E-state index contributed by atoms with van der Waals surface area (Å²) >= 11 is 0. The van der Waals surface area contributed by atoms with Crippen LogP contribution < -0.4 is 5.73 Å². The van der Waals surface area contributed by atoms with Crippen LogP contribution in [0.1, 0.15) is 56.0 Å². The van der Waals surface area contributed by atoms with E-state index >= 15 is 0 Å². The summed E-state index contributed by atoms with van der Waals surface area (Å²) in [5.41, 5.74) is 6.56. The summed E-state index contributed by atoms with van der Waals surface area (Å²) in [6, 6.07) is 2.50. The van der Waals surface area contributed by atoms with Crippen LogP contribution in [0.4, 0.5) is 0 Å². The maximum atomic E-state index is 13.0. The number of piperazine rings is 1. The number of hydrogen-bond acceptors (Lipinski definition) is 5. The average Bonchev–Trinajstić information content (AvgIpc) is 3.24. The molecule has 0 unspecified atom stereocenters. The van der Waals surface area contributed by atoms with Crippen molar-refractivity contribution in [3.05, 3.63) is 29.5 Å². The predicted octanol–water partition coefficient (Wildman–Crippen LogP) is 2.37. The van der Waals surface area contributed by atoms with Gasteiger partial charge in [-0.3, -0.25) is 9.59 Å². The summed E-state index contributed by atoms with van der Waals surface area (Å²) in [5.74, 6) is 1.44. The third-order valence-electron chi connectivity index (χ3n) is 8.18. The second-order valence-electron chi connectivity index (χ2n) is 10.2. The zero-order valence-corrected chi connectivity index (χ0v) is 19.3. The van der Waals surface area contributed by atoms with Crippen LogP contribution in [0.15, 0.2) is 33.3 Å². The van der Waals surface area contributed by atoms with E-state index in [2.05, 4.69) is 6.92 Å². The van der Waals surface area contributed by atoms with Gasteiger partial charge in [0.2, 0.25) is 11.0 Å². The van der Waals surface area contributed by atoms with Crippen molar-refractivity contribution in [1.29, 1.82) is 0 Å². The summed E-state index contributed by atoms with van der Waals surface area (Å²) in [5, 5.41) is -0.302. The molecule has 2 N–H and O–H groups in total. The number of hydrogen-bond donors (Lipinski definition) is 1. The number of primary amides is 1. The molecule has 1 aromatic heterocycles. The number of nitrogens with two attached hydrogens (primary N) is 1. The highest BCUT2D eigenvalue weighted by molar-refractivity contribution is 7.89. The Balaban J connectivity index is 1.23. The molecule has 2 heterocycles. The van der Waals surface area contributed by atoms with E-state index in [9.17, 15) is 18.0 Å². The van der Waals surface area contributed by atoms with Gasteiger partial charge in [-0.15, -0.1) is 0 Å². The largest absolute Gasteiger partial charge is 0.438 e. The zero-order valence-electron chi connectivity index (χ0n) is 18.5. The van der Waals surface area contributed by atoms with Crippen molar-refractivity contribution in [2.24, 2.45) is 28.9 Å². The highest BCUT2D eigenvalue weighted by Gasteiger charge is 2.51.